The molecule has 0 bridgehead atoms. The first-order valence-electron chi connectivity index (χ1n) is 5.08. The summed E-state index contributed by atoms with van der Waals surface area (Å²) in [7, 11) is 1.31. The molecular formula is C11H18O4. The highest BCUT2D eigenvalue weighted by Crippen LogP contribution is 2.02. The zero-order valence-electron chi connectivity index (χ0n) is 9.54. The highest BCUT2D eigenvalue weighted by atomic mass is 16.5. The van der Waals surface area contributed by atoms with Gasteiger partial charge in [-0.2, -0.15) is 0 Å². The molecule has 0 aromatic rings. The fourth-order valence-electron chi connectivity index (χ4n) is 1.01. The number of hydrogen-bond donors (Lipinski definition) is 0. The molecule has 0 spiro atoms. The summed E-state index contributed by atoms with van der Waals surface area (Å²) in [4.78, 5) is 22.3. The second kappa shape index (κ2) is 8.03. The Morgan fingerprint density at radius 2 is 1.93 bits per heavy atom. The monoisotopic (exact) mass is 214 g/mol. The molecule has 0 fully saturated rings. The number of rotatable bonds is 6. The van der Waals surface area contributed by atoms with Crippen LogP contribution in [0.1, 0.15) is 33.1 Å². The van der Waals surface area contributed by atoms with Gasteiger partial charge in [-0.1, -0.05) is 19.9 Å². The highest BCUT2D eigenvalue weighted by molar-refractivity contribution is 5.89. The van der Waals surface area contributed by atoms with Crippen molar-refractivity contribution in [2.75, 3.05) is 13.7 Å². The molecule has 15 heavy (non-hydrogen) atoms. The van der Waals surface area contributed by atoms with Crippen molar-refractivity contribution in [3.8, 4) is 0 Å². The third kappa shape index (κ3) is 5.88. The van der Waals surface area contributed by atoms with E-state index in [1.165, 1.54) is 7.11 Å². The minimum atomic E-state index is -0.443. The van der Waals surface area contributed by atoms with E-state index in [1.54, 1.807) is 6.08 Å². The van der Waals surface area contributed by atoms with Crippen LogP contribution in [0.5, 0.6) is 0 Å². The van der Waals surface area contributed by atoms with Crippen LogP contribution in [-0.4, -0.2) is 25.7 Å². The quantitative estimate of drug-likeness (QED) is 0.500. The van der Waals surface area contributed by atoms with Crippen molar-refractivity contribution in [1.82, 2.24) is 0 Å². The van der Waals surface area contributed by atoms with Crippen LogP contribution in [0.25, 0.3) is 0 Å². The average molecular weight is 214 g/mol. The number of methoxy groups -OCH3 is 1. The van der Waals surface area contributed by atoms with Crippen molar-refractivity contribution in [2.45, 2.75) is 33.1 Å². The Morgan fingerprint density at radius 1 is 1.27 bits per heavy atom. The molecule has 0 aromatic carbocycles. The molecule has 0 atom stereocenters. The number of ether oxygens (including phenoxy) is 2. The van der Waals surface area contributed by atoms with Gasteiger partial charge in [0.2, 0.25) is 0 Å². The second-order valence-corrected chi connectivity index (χ2v) is 3.04. The van der Waals surface area contributed by atoms with Crippen molar-refractivity contribution >= 4 is 11.9 Å². The van der Waals surface area contributed by atoms with E-state index in [-0.39, 0.29) is 12.6 Å². The lowest BCUT2D eigenvalue weighted by molar-refractivity contribution is -0.144. The first-order chi connectivity index (χ1) is 7.15. The van der Waals surface area contributed by atoms with Crippen LogP contribution in [0.4, 0.5) is 0 Å². The van der Waals surface area contributed by atoms with Gasteiger partial charge in [-0.05, 0) is 12.8 Å². The van der Waals surface area contributed by atoms with E-state index in [1.807, 2.05) is 13.8 Å². The molecule has 0 N–H and O–H groups in total. The summed E-state index contributed by atoms with van der Waals surface area (Å²) in [5, 5.41) is 0. The Hall–Kier alpha value is -1.32. The van der Waals surface area contributed by atoms with Crippen molar-refractivity contribution in [3.05, 3.63) is 11.6 Å². The zero-order valence-corrected chi connectivity index (χ0v) is 9.54. The van der Waals surface area contributed by atoms with E-state index in [0.29, 0.717) is 18.4 Å². The molecule has 0 heterocycles. The van der Waals surface area contributed by atoms with E-state index in [9.17, 15) is 9.59 Å². The van der Waals surface area contributed by atoms with Crippen LogP contribution in [0.3, 0.4) is 0 Å². The number of carbonyl (C=O) groups is 2. The summed E-state index contributed by atoms with van der Waals surface area (Å²) in [6.45, 7) is 3.79. The topological polar surface area (TPSA) is 52.6 Å². The first-order valence-corrected chi connectivity index (χ1v) is 5.08. The largest absolute Gasteiger partial charge is 0.466 e. The highest BCUT2D eigenvalue weighted by Gasteiger charge is 2.11. The van der Waals surface area contributed by atoms with Gasteiger partial charge in [0.05, 0.1) is 12.7 Å². The van der Waals surface area contributed by atoms with Crippen molar-refractivity contribution in [2.24, 2.45) is 0 Å². The minimum Gasteiger partial charge on any atom is -0.466 e. The average Bonchev–Trinajstić information content (AvgIpc) is 2.23. The van der Waals surface area contributed by atoms with E-state index in [0.717, 1.165) is 6.42 Å². The van der Waals surface area contributed by atoms with Crippen LogP contribution in [0.2, 0.25) is 0 Å². The molecule has 0 aliphatic heterocycles. The Morgan fingerprint density at radius 3 is 2.40 bits per heavy atom. The Labute approximate surface area is 90.2 Å². The first kappa shape index (κ1) is 13.7. The van der Waals surface area contributed by atoms with Gasteiger partial charge < -0.3 is 9.47 Å². The summed E-state index contributed by atoms with van der Waals surface area (Å²) >= 11 is 0. The normalized spacial score (nSPS) is 11.0. The molecule has 0 saturated carbocycles. The summed E-state index contributed by atoms with van der Waals surface area (Å²) in [6.07, 6.45) is 3.52. The fourth-order valence-corrected chi connectivity index (χ4v) is 1.01. The maximum atomic E-state index is 11.2. The Kier molecular flexibility index (Phi) is 7.32. The molecular weight excluding hydrogens is 196 g/mol. The number of allylic oxidation sites excluding steroid dienone is 1. The van der Waals surface area contributed by atoms with E-state index < -0.39 is 5.97 Å². The SMILES string of the molecule is CCC=C(COC(=O)CCC)C(=O)OC. The molecule has 4 heteroatoms. The van der Waals surface area contributed by atoms with E-state index in [2.05, 4.69) is 4.74 Å². The maximum absolute atomic E-state index is 11.2. The van der Waals surface area contributed by atoms with Crippen molar-refractivity contribution in [3.63, 3.8) is 0 Å². The van der Waals surface area contributed by atoms with Crippen LogP contribution in [-0.2, 0) is 19.1 Å². The molecule has 0 rings (SSSR count). The predicted octanol–water partition coefficient (Wildman–Crippen LogP) is 1.84. The van der Waals surface area contributed by atoms with Gasteiger partial charge in [0.25, 0.3) is 0 Å². The van der Waals surface area contributed by atoms with Crippen LogP contribution in [0.15, 0.2) is 11.6 Å². The van der Waals surface area contributed by atoms with Crippen LogP contribution >= 0.6 is 0 Å². The minimum absolute atomic E-state index is 0.000648. The van der Waals surface area contributed by atoms with Gasteiger partial charge in [-0.3, -0.25) is 4.79 Å². The van der Waals surface area contributed by atoms with Gasteiger partial charge >= 0.3 is 11.9 Å². The summed E-state index contributed by atoms with van der Waals surface area (Å²) in [5.74, 6) is -0.732. The van der Waals surface area contributed by atoms with Crippen LogP contribution < -0.4 is 0 Å². The van der Waals surface area contributed by atoms with Crippen LogP contribution in [0, 0.1) is 0 Å². The van der Waals surface area contributed by atoms with Gasteiger partial charge in [0, 0.05) is 6.42 Å². The molecule has 0 saturated heterocycles. The van der Waals surface area contributed by atoms with Crippen molar-refractivity contribution in [1.29, 1.82) is 0 Å². The molecule has 0 amide bonds. The fraction of sp³-hybridized carbons (Fsp3) is 0.636. The smallest absolute Gasteiger partial charge is 0.336 e. The Bertz CT molecular complexity index is 243. The lowest BCUT2D eigenvalue weighted by Gasteiger charge is -2.06. The molecule has 86 valence electrons. The summed E-state index contributed by atoms with van der Waals surface area (Å²) < 4.78 is 9.47. The van der Waals surface area contributed by atoms with Gasteiger partial charge in [0.15, 0.2) is 0 Å². The lowest BCUT2D eigenvalue weighted by atomic mass is 10.2. The number of esters is 2. The summed E-state index contributed by atoms with van der Waals surface area (Å²) in [5.41, 5.74) is 0.393. The van der Waals surface area contributed by atoms with Gasteiger partial charge in [-0.25, -0.2) is 4.79 Å². The number of hydrogen-bond acceptors (Lipinski definition) is 4. The molecule has 4 nitrogen and oxygen atoms in total. The second-order valence-electron chi connectivity index (χ2n) is 3.04. The zero-order chi connectivity index (χ0) is 11.7. The Balaban J connectivity index is 4.14. The maximum Gasteiger partial charge on any atom is 0.336 e. The van der Waals surface area contributed by atoms with Crippen molar-refractivity contribution < 1.29 is 19.1 Å². The lowest BCUT2D eigenvalue weighted by Crippen LogP contribution is -2.14. The third-order valence-electron chi connectivity index (χ3n) is 1.74. The van der Waals surface area contributed by atoms with Gasteiger partial charge in [-0.15, -0.1) is 0 Å². The van der Waals surface area contributed by atoms with Gasteiger partial charge in [0.1, 0.15) is 6.61 Å². The molecule has 0 aromatic heterocycles. The molecule has 0 aliphatic rings. The summed E-state index contributed by atoms with van der Waals surface area (Å²) in [6, 6.07) is 0. The molecule has 0 unspecified atom stereocenters. The molecule has 0 radical (unpaired) electrons. The molecule has 0 aliphatic carbocycles. The predicted molar refractivity (Wildman–Crippen MR) is 56.3 cm³/mol. The standard InChI is InChI=1S/C11H18O4/c1-4-6-9(11(13)14-3)8-15-10(12)7-5-2/h6H,4-5,7-8H2,1-3H3. The van der Waals surface area contributed by atoms with E-state index in [4.69, 9.17) is 4.74 Å². The van der Waals surface area contributed by atoms with E-state index >= 15 is 0 Å². The number of carbonyl (C=O) groups excluding carboxylic acids is 2. The third-order valence-corrected chi connectivity index (χ3v) is 1.74.